The summed E-state index contributed by atoms with van der Waals surface area (Å²) in [4.78, 5) is 25.6. The Morgan fingerprint density at radius 2 is 1.66 bits per heavy atom. The van der Waals surface area contributed by atoms with E-state index < -0.39 is 52.9 Å². The Bertz CT molecular complexity index is 1280. The minimum absolute atomic E-state index is 0.0138. The van der Waals surface area contributed by atoms with Gasteiger partial charge in [-0.3, -0.25) is 9.59 Å². The summed E-state index contributed by atoms with van der Waals surface area (Å²) in [5.41, 5.74) is -3.55. The van der Waals surface area contributed by atoms with Crippen molar-refractivity contribution in [3.63, 3.8) is 0 Å². The zero-order chi connectivity index (χ0) is 26.1. The molecule has 6 nitrogen and oxygen atoms in total. The number of hydrogen-bond acceptors (Lipinski definition) is 4. The molecule has 2 atom stereocenters. The number of hydrogen-bond donors (Lipinski definition) is 2. The summed E-state index contributed by atoms with van der Waals surface area (Å²) < 4.78 is 92.6. The third-order valence-corrected chi connectivity index (χ3v) is 4.84. The molecule has 2 aromatic carbocycles. The second-order valence-electron chi connectivity index (χ2n) is 7.45. The lowest BCUT2D eigenvalue weighted by atomic mass is 10.1. The van der Waals surface area contributed by atoms with Crippen molar-refractivity contribution >= 4 is 5.91 Å². The van der Waals surface area contributed by atoms with E-state index in [2.05, 4.69) is 5.10 Å². The van der Waals surface area contributed by atoms with Crippen LogP contribution in [0.3, 0.4) is 0 Å². The van der Waals surface area contributed by atoms with E-state index in [0.717, 1.165) is 37.3 Å². The van der Waals surface area contributed by atoms with Crippen molar-refractivity contribution in [1.29, 1.82) is 0 Å². The molecule has 0 spiro atoms. The number of rotatable bonds is 5. The van der Waals surface area contributed by atoms with Gasteiger partial charge in [-0.1, -0.05) is 18.2 Å². The van der Waals surface area contributed by atoms with Gasteiger partial charge in [-0.15, -0.1) is 0 Å². The van der Waals surface area contributed by atoms with Gasteiger partial charge in [-0.25, -0.2) is 4.39 Å². The van der Waals surface area contributed by atoms with E-state index >= 15 is 0 Å². The van der Waals surface area contributed by atoms with Crippen LogP contribution in [0.5, 0.6) is 0 Å². The molecule has 0 radical (unpaired) electrons. The molecule has 186 valence electrons. The molecule has 0 aliphatic heterocycles. The average Bonchev–Trinajstić information content (AvgIpc) is 2.76. The third kappa shape index (κ3) is 5.85. The van der Waals surface area contributed by atoms with Crippen LogP contribution >= 0.6 is 0 Å². The highest BCUT2D eigenvalue weighted by Crippen LogP contribution is 2.31. The summed E-state index contributed by atoms with van der Waals surface area (Å²) >= 11 is 0. The smallest absolute Gasteiger partial charge is 0.391 e. The fraction of sp³-hybridized carbons (Fsp3) is 0.227. The van der Waals surface area contributed by atoms with Crippen LogP contribution in [0, 0.1) is 5.82 Å². The molecule has 1 aromatic heterocycles. The maximum atomic E-state index is 13.7. The van der Waals surface area contributed by atoms with Crippen molar-refractivity contribution in [2.45, 2.75) is 31.4 Å². The number of benzene rings is 2. The molecule has 0 bridgehead atoms. The van der Waals surface area contributed by atoms with Crippen molar-refractivity contribution in [1.82, 2.24) is 15.1 Å². The maximum absolute atomic E-state index is 13.7. The zero-order valence-electron chi connectivity index (χ0n) is 17.7. The van der Waals surface area contributed by atoms with E-state index in [9.17, 15) is 45.4 Å². The van der Waals surface area contributed by atoms with E-state index in [4.69, 9.17) is 0 Å². The van der Waals surface area contributed by atoms with E-state index in [-0.39, 0.29) is 16.9 Å². The number of amides is 1. The Labute approximate surface area is 192 Å². The highest BCUT2D eigenvalue weighted by Gasteiger charge is 2.44. The molecular formula is C22H16F7N3O3. The van der Waals surface area contributed by atoms with E-state index in [1.165, 1.54) is 17.4 Å². The predicted molar refractivity (Wildman–Crippen MR) is 109 cm³/mol. The number of aliphatic hydroxyl groups excluding tert-OH is 1. The number of alkyl halides is 6. The normalized spacial score (nSPS) is 13.9. The van der Waals surface area contributed by atoms with Crippen LogP contribution in [-0.4, -0.2) is 39.1 Å². The topological polar surface area (TPSA) is 84.2 Å². The summed E-state index contributed by atoms with van der Waals surface area (Å²) in [6, 6.07) is 5.80. The number of aromatic nitrogens is 2. The molecule has 3 aromatic rings. The largest absolute Gasteiger partial charge is 0.416 e. The summed E-state index contributed by atoms with van der Waals surface area (Å²) in [6.45, 7) is 0.781. The van der Waals surface area contributed by atoms with Gasteiger partial charge >= 0.3 is 12.4 Å². The van der Waals surface area contributed by atoms with Crippen LogP contribution in [0.1, 0.15) is 22.8 Å². The highest BCUT2D eigenvalue weighted by atomic mass is 19.4. The Morgan fingerprint density at radius 1 is 1.03 bits per heavy atom. The van der Waals surface area contributed by atoms with Crippen molar-refractivity contribution in [3.05, 3.63) is 81.9 Å². The Hall–Kier alpha value is -3.74. The second kappa shape index (κ2) is 9.49. The molecule has 0 saturated heterocycles. The first-order valence-electron chi connectivity index (χ1n) is 9.82. The van der Waals surface area contributed by atoms with Gasteiger partial charge in [0.1, 0.15) is 11.4 Å². The molecule has 0 aliphatic rings. The number of carbonyl (C=O) groups excluding carboxylic acids is 1. The summed E-state index contributed by atoms with van der Waals surface area (Å²) in [5, 5.41) is 14.9. The zero-order valence-corrected chi connectivity index (χ0v) is 17.7. The standard InChI is InChI=1S/C22H16F7N3O3/c1-11(33)18(22(27,28)29)30-19(34)16-10-17(12-5-7-13(8-6-12)21(24,25)26)31-32(20(16)35)15-4-2-3-14(23)9-15/h2-11,18,33H,1H3,(H,30,34)/t11-,18+/m1/s1. The highest BCUT2D eigenvalue weighted by molar-refractivity contribution is 5.95. The molecule has 1 amide bonds. The Kier molecular flexibility index (Phi) is 7.01. The first-order chi connectivity index (χ1) is 16.2. The fourth-order valence-corrected chi connectivity index (χ4v) is 3.11. The maximum Gasteiger partial charge on any atom is 0.416 e. The third-order valence-electron chi connectivity index (χ3n) is 4.84. The number of nitrogens with zero attached hydrogens (tertiary/aromatic N) is 2. The lowest BCUT2D eigenvalue weighted by Gasteiger charge is -2.24. The van der Waals surface area contributed by atoms with Crippen molar-refractivity contribution in [2.24, 2.45) is 0 Å². The predicted octanol–water partition coefficient (Wildman–Crippen LogP) is 4.10. The summed E-state index contributed by atoms with van der Waals surface area (Å²) in [7, 11) is 0. The van der Waals surface area contributed by atoms with Gasteiger partial charge in [0.05, 0.1) is 23.0 Å². The van der Waals surface area contributed by atoms with Crippen LogP contribution in [0.2, 0.25) is 0 Å². The van der Waals surface area contributed by atoms with Crippen LogP contribution in [-0.2, 0) is 6.18 Å². The van der Waals surface area contributed by atoms with Gasteiger partial charge < -0.3 is 10.4 Å². The molecule has 2 N–H and O–H groups in total. The first kappa shape index (κ1) is 25.9. The van der Waals surface area contributed by atoms with Crippen LogP contribution in [0.4, 0.5) is 30.7 Å². The van der Waals surface area contributed by atoms with Crippen molar-refractivity contribution < 1.29 is 40.6 Å². The molecule has 0 unspecified atom stereocenters. The van der Waals surface area contributed by atoms with Crippen LogP contribution in [0.25, 0.3) is 16.9 Å². The lowest BCUT2D eigenvalue weighted by molar-refractivity contribution is -0.172. The number of carbonyl (C=O) groups is 1. The SMILES string of the molecule is C[C@@H](O)[C@H](NC(=O)c1cc(-c2ccc(C(F)(F)F)cc2)nn(-c2cccc(F)c2)c1=O)C(F)(F)F. The van der Waals surface area contributed by atoms with E-state index in [1.54, 1.807) is 0 Å². The van der Waals surface area contributed by atoms with Crippen LogP contribution in [0.15, 0.2) is 59.4 Å². The first-order valence-corrected chi connectivity index (χ1v) is 9.82. The molecule has 35 heavy (non-hydrogen) atoms. The second-order valence-corrected chi connectivity index (χ2v) is 7.45. The van der Waals surface area contributed by atoms with Crippen molar-refractivity contribution in [3.8, 4) is 16.9 Å². The fourth-order valence-electron chi connectivity index (χ4n) is 3.11. The van der Waals surface area contributed by atoms with Gasteiger partial charge in [0.2, 0.25) is 0 Å². The monoisotopic (exact) mass is 503 g/mol. The van der Waals surface area contributed by atoms with E-state index in [1.807, 2.05) is 0 Å². The summed E-state index contributed by atoms with van der Waals surface area (Å²) in [5.74, 6) is -2.33. The minimum atomic E-state index is -5.06. The average molecular weight is 503 g/mol. The molecule has 0 aliphatic carbocycles. The molecule has 1 heterocycles. The molecule has 3 rings (SSSR count). The molecule has 0 saturated carbocycles. The van der Waals surface area contributed by atoms with Gasteiger partial charge in [0.25, 0.3) is 11.5 Å². The van der Waals surface area contributed by atoms with Crippen LogP contribution < -0.4 is 10.9 Å². The van der Waals surface area contributed by atoms with Crippen molar-refractivity contribution in [2.75, 3.05) is 0 Å². The van der Waals surface area contributed by atoms with Gasteiger partial charge in [0, 0.05) is 5.56 Å². The van der Waals surface area contributed by atoms with E-state index in [0.29, 0.717) is 16.8 Å². The van der Waals surface area contributed by atoms with Gasteiger partial charge in [-0.05, 0) is 43.3 Å². The molecule has 13 heteroatoms. The lowest BCUT2D eigenvalue weighted by Crippen LogP contribution is -2.52. The minimum Gasteiger partial charge on any atom is -0.391 e. The Balaban J connectivity index is 2.17. The van der Waals surface area contributed by atoms with Gasteiger partial charge in [-0.2, -0.15) is 36.1 Å². The quantitative estimate of drug-likeness (QED) is 0.514. The number of halogens is 7. The number of nitrogens with one attached hydrogen (secondary N) is 1. The Morgan fingerprint density at radius 3 is 2.17 bits per heavy atom. The molecular weight excluding hydrogens is 487 g/mol. The van der Waals surface area contributed by atoms with Gasteiger partial charge in [0.15, 0.2) is 6.04 Å². The number of aliphatic hydroxyl groups is 1. The summed E-state index contributed by atoms with van der Waals surface area (Å²) in [6.07, 6.45) is -11.8. The molecule has 0 fully saturated rings.